The Bertz CT molecular complexity index is 290. The third-order valence-electron chi connectivity index (χ3n) is 2.11. The van der Waals surface area contributed by atoms with Gasteiger partial charge in [-0.1, -0.05) is 6.92 Å². The van der Waals surface area contributed by atoms with Crippen LogP contribution in [-0.2, 0) is 6.42 Å². The van der Waals surface area contributed by atoms with Gasteiger partial charge in [-0.05, 0) is 12.3 Å². The fourth-order valence-electron chi connectivity index (χ4n) is 1.56. The molecule has 11 heavy (non-hydrogen) atoms. The quantitative estimate of drug-likeness (QED) is 0.603. The van der Waals surface area contributed by atoms with Crippen molar-refractivity contribution in [3.63, 3.8) is 0 Å². The fraction of sp³-hybridized carbons (Fsp3) is 0.500. The number of carbonyl (C=O) groups is 1. The van der Waals surface area contributed by atoms with E-state index in [0.29, 0.717) is 12.3 Å². The summed E-state index contributed by atoms with van der Waals surface area (Å²) >= 11 is 0. The average Bonchev–Trinajstić information content (AvgIpc) is 2.34. The molecule has 2 rings (SSSR count). The number of aromatic nitrogens is 2. The van der Waals surface area contributed by atoms with E-state index in [4.69, 9.17) is 0 Å². The number of nitrogens with zero attached hydrogens (tertiary/aromatic N) is 1. The molecular formula is C8H10N2O. The number of nitrogens with one attached hydrogen (secondary N) is 1. The molecule has 1 aromatic rings. The third-order valence-corrected chi connectivity index (χ3v) is 2.11. The number of carbonyl (C=O) groups excluding carboxylic acids is 1. The Morgan fingerprint density at radius 1 is 1.64 bits per heavy atom. The molecule has 3 nitrogen and oxygen atoms in total. The molecule has 0 amide bonds. The molecule has 1 heterocycles. The largest absolute Gasteiger partial charge is 0.294 e. The standard InChI is InChI=1S/C8H10N2O/c1-5-2-7-6(4-9-10-7)8(11)3-5/h4-5H,2-3H2,1H3,(H,9,10)/t5-/m1/s1. The Morgan fingerprint density at radius 3 is 3.27 bits per heavy atom. The van der Waals surface area contributed by atoms with Gasteiger partial charge in [0.2, 0.25) is 0 Å². The zero-order valence-corrected chi connectivity index (χ0v) is 6.42. The second-order valence-corrected chi connectivity index (χ2v) is 3.20. The van der Waals surface area contributed by atoms with Gasteiger partial charge in [0.05, 0.1) is 11.8 Å². The Kier molecular flexibility index (Phi) is 1.31. The van der Waals surface area contributed by atoms with Crippen molar-refractivity contribution in [2.24, 2.45) is 5.92 Å². The second-order valence-electron chi connectivity index (χ2n) is 3.20. The lowest BCUT2D eigenvalue weighted by Crippen LogP contribution is -2.16. The van der Waals surface area contributed by atoms with Gasteiger partial charge < -0.3 is 0 Å². The molecule has 0 spiro atoms. The zero-order chi connectivity index (χ0) is 7.84. The molecule has 0 saturated carbocycles. The van der Waals surface area contributed by atoms with Crippen LogP contribution in [-0.4, -0.2) is 16.0 Å². The number of aromatic amines is 1. The minimum absolute atomic E-state index is 0.229. The maximum Gasteiger partial charge on any atom is 0.166 e. The predicted molar refractivity (Wildman–Crippen MR) is 40.4 cm³/mol. The fourth-order valence-corrected chi connectivity index (χ4v) is 1.56. The monoisotopic (exact) mass is 150 g/mol. The van der Waals surface area contributed by atoms with Crippen LogP contribution in [0.5, 0.6) is 0 Å². The lowest BCUT2D eigenvalue weighted by atomic mass is 9.89. The number of rotatable bonds is 0. The molecule has 0 fully saturated rings. The SMILES string of the molecule is C[C@H]1CC(=O)c2cn[nH]c2C1. The van der Waals surface area contributed by atoms with E-state index in [1.807, 2.05) is 0 Å². The summed E-state index contributed by atoms with van der Waals surface area (Å²) in [6.07, 6.45) is 3.26. The van der Waals surface area contributed by atoms with E-state index in [-0.39, 0.29) is 5.78 Å². The smallest absolute Gasteiger partial charge is 0.166 e. The predicted octanol–water partition coefficient (Wildman–Crippen LogP) is 1.17. The van der Waals surface area contributed by atoms with Crippen LogP contribution in [0.4, 0.5) is 0 Å². The molecule has 1 aliphatic carbocycles. The lowest BCUT2D eigenvalue weighted by molar-refractivity contribution is 0.0953. The molecule has 0 saturated heterocycles. The van der Waals surface area contributed by atoms with Crippen molar-refractivity contribution in [2.45, 2.75) is 19.8 Å². The highest BCUT2D eigenvalue weighted by Crippen LogP contribution is 2.22. The molecule has 0 unspecified atom stereocenters. The van der Waals surface area contributed by atoms with E-state index in [2.05, 4.69) is 17.1 Å². The molecule has 0 bridgehead atoms. The van der Waals surface area contributed by atoms with Gasteiger partial charge in [0.15, 0.2) is 5.78 Å². The highest BCUT2D eigenvalue weighted by molar-refractivity contribution is 5.97. The molecule has 3 heteroatoms. The Balaban J connectivity index is 2.44. The highest BCUT2D eigenvalue weighted by Gasteiger charge is 2.23. The highest BCUT2D eigenvalue weighted by atomic mass is 16.1. The zero-order valence-electron chi connectivity index (χ0n) is 6.42. The van der Waals surface area contributed by atoms with Crippen LogP contribution in [0.1, 0.15) is 29.4 Å². The molecule has 1 atom stereocenters. The van der Waals surface area contributed by atoms with Crippen molar-refractivity contribution < 1.29 is 4.79 Å². The van der Waals surface area contributed by atoms with E-state index >= 15 is 0 Å². The molecular weight excluding hydrogens is 140 g/mol. The van der Waals surface area contributed by atoms with Crippen LogP contribution in [0, 0.1) is 5.92 Å². The van der Waals surface area contributed by atoms with E-state index in [0.717, 1.165) is 17.7 Å². The third kappa shape index (κ3) is 0.964. The van der Waals surface area contributed by atoms with Gasteiger partial charge in [0.1, 0.15) is 0 Å². The van der Waals surface area contributed by atoms with Crippen molar-refractivity contribution in [3.8, 4) is 0 Å². The first-order valence-electron chi connectivity index (χ1n) is 3.83. The number of H-pyrrole nitrogens is 1. The van der Waals surface area contributed by atoms with Crippen molar-refractivity contribution in [1.82, 2.24) is 10.2 Å². The lowest BCUT2D eigenvalue weighted by Gasteiger charge is -2.15. The summed E-state index contributed by atoms with van der Waals surface area (Å²) in [4.78, 5) is 11.3. The van der Waals surface area contributed by atoms with Gasteiger partial charge in [-0.15, -0.1) is 0 Å². The first-order valence-corrected chi connectivity index (χ1v) is 3.83. The number of hydrogen-bond acceptors (Lipinski definition) is 2. The van der Waals surface area contributed by atoms with Gasteiger partial charge >= 0.3 is 0 Å². The Labute approximate surface area is 64.8 Å². The summed E-state index contributed by atoms with van der Waals surface area (Å²) in [5.41, 5.74) is 1.80. The molecule has 0 radical (unpaired) electrons. The van der Waals surface area contributed by atoms with Crippen molar-refractivity contribution >= 4 is 5.78 Å². The van der Waals surface area contributed by atoms with Crippen LogP contribution in [0.25, 0.3) is 0 Å². The van der Waals surface area contributed by atoms with Crippen LogP contribution in [0.15, 0.2) is 6.20 Å². The molecule has 58 valence electrons. The van der Waals surface area contributed by atoms with Crippen molar-refractivity contribution in [1.29, 1.82) is 0 Å². The van der Waals surface area contributed by atoms with Gasteiger partial charge in [0.25, 0.3) is 0 Å². The minimum Gasteiger partial charge on any atom is -0.294 e. The first-order chi connectivity index (χ1) is 5.27. The summed E-state index contributed by atoms with van der Waals surface area (Å²) in [7, 11) is 0. The summed E-state index contributed by atoms with van der Waals surface area (Å²) in [5, 5.41) is 6.69. The Hall–Kier alpha value is -1.12. The number of Topliss-reactive ketones (excluding diaryl/α,β-unsaturated/α-hetero) is 1. The summed E-state index contributed by atoms with van der Waals surface area (Å²) in [5.74, 6) is 0.697. The molecule has 1 aliphatic rings. The number of hydrogen-bond donors (Lipinski definition) is 1. The molecule has 0 aliphatic heterocycles. The summed E-state index contributed by atoms with van der Waals surface area (Å²) in [6.45, 7) is 2.08. The summed E-state index contributed by atoms with van der Waals surface area (Å²) < 4.78 is 0. The molecule has 0 aromatic carbocycles. The van der Waals surface area contributed by atoms with Gasteiger partial charge in [-0.25, -0.2) is 0 Å². The van der Waals surface area contributed by atoms with Crippen LogP contribution < -0.4 is 0 Å². The number of ketones is 1. The topological polar surface area (TPSA) is 45.8 Å². The van der Waals surface area contributed by atoms with Crippen LogP contribution in [0.2, 0.25) is 0 Å². The average molecular weight is 150 g/mol. The van der Waals surface area contributed by atoms with Gasteiger partial charge in [-0.3, -0.25) is 9.89 Å². The van der Waals surface area contributed by atoms with E-state index in [9.17, 15) is 4.79 Å². The summed E-state index contributed by atoms with van der Waals surface area (Å²) in [6, 6.07) is 0. The first kappa shape index (κ1) is 6.58. The van der Waals surface area contributed by atoms with E-state index in [1.165, 1.54) is 0 Å². The Morgan fingerprint density at radius 2 is 2.45 bits per heavy atom. The maximum absolute atomic E-state index is 11.3. The van der Waals surface area contributed by atoms with Crippen LogP contribution in [0.3, 0.4) is 0 Å². The van der Waals surface area contributed by atoms with Crippen molar-refractivity contribution in [3.05, 3.63) is 17.5 Å². The van der Waals surface area contributed by atoms with Crippen LogP contribution >= 0.6 is 0 Å². The van der Waals surface area contributed by atoms with Crippen molar-refractivity contribution in [2.75, 3.05) is 0 Å². The normalized spacial score (nSPS) is 23.4. The van der Waals surface area contributed by atoms with E-state index < -0.39 is 0 Å². The van der Waals surface area contributed by atoms with Gasteiger partial charge in [0, 0.05) is 12.1 Å². The molecule has 1 aromatic heterocycles. The second kappa shape index (κ2) is 2.19. The maximum atomic E-state index is 11.3. The van der Waals surface area contributed by atoms with E-state index in [1.54, 1.807) is 6.20 Å². The molecule has 1 N–H and O–H groups in total. The van der Waals surface area contributed by atoms with Gasteiger partial charge in [-0.2, -0.15) is 5.10 Å². The minimum atomic E-state index is 0.229. The number of fused-ring (bicyclic) bond motifs is 1.